The molecule has 0 saturated carbocycles. The minimum Gasteiger partial charge on any atom is -0.454 e. The molecule has 1 amide bonds. The van der Waals surface area contributed by atoms with E-state index in [0.29, 0.717) is 27.6 Å². The Labute approximate surface area is 154 Å². The van der Waals surface area contributed by atoms with Crippen molar-refractivity contribution in [3.05, 3.63) is 77.1 Å². The van der Waals surface area contributed by atoms with E-state index in [2.05, 4.69) is 10.5 Å². The molecule has 1 N–H and O–H groups in total. The molecule has 7 heteroatoms. The highest BCUT2D eigenvalue weighted by Gasteiger charge is 2.15. The van der Waals surface area contributed by atoms with Crippen LogP contribution in [0, 0.1) is 0 Å². The van der Waals surface area contributed by atoms with Crippen molar-refractivity contribution in [2.45, 2.75) is 0 Å². The summed E-state index contributed by atoms with van der Waals surface area (Å²) in [6, 6.07) is 14.5. The molecular formula is C19H14ClN3O3. The van der Waals surface area contributed by atoms with E-state index in [1.807, 2.05) is 41.2 Å². The highest BCUT2D eigenvalue weighted by Crippen LogP contribution is 2.36. The predicted molar refractivity (Wildman–Crippen MR) is 98.4 cm³/mol. The third kappa shape index (κ3) is 3.27. The number of rotatable bonds is 4. The number of hydrogen-bond acceptors (Lipinski definition) is 4. The Morgan fingerprint density at radius 2 is 1.81 bits per heavy atom. The first-order valence-corrected chi connectivity index (χ1v) is 8.24. The topological polar surface area (TPSA) is 64.8 Å². The van der Waals surface area contributed by atoms with Gasteiger partial charge in [-0.3, -0.25) is 4.79 Å². The van der Waals surface area contributed by atoms with Gasteiger partial charge in [0.1, 0.15) is 0 Å². The number of carbonyl (C=O) groups excluding carboxylic acids is 1. The number of carbonyl (C=O) groups is 1. The van der Waals surface area contributed by atoms with Crippen LogP contribution in [0.25, 0.3) is 5.69 Å². The SMILES string of the molecule is O=C(N/N=C\c1cc2c(cc1Cl)OCO2)c1ccc(-n2cccc2)cc1. The molecular weight excluding hydrogens is 354 g/mol. The van der Waals surface area contributed by atoms with Crippen LogP contribution >= 0.6 is 11.6 Å². The van der Waals surface area contributed by atoms with E-state index in [4.69, 9.17) is 21.1 Å². The Morgan fingerprint density at radius 1 is 1.12 bits per heavy atom. The molecule has 0 aliphatic carbocycles. The summed E-state index contributed by atoms with van der Waals surface area (Å²) in [6.07, 6.45) is 5.35. The zero-order chi connectivity index (χ0) is 17.9. The number of amides is 1. The fourth-order valence-electron chi connectivity index (χ4n) is 2.55. The summed E-state index contributed by atoms with van der Waals surface area (Å²) in [5, 5.41) is 4.43. The maximum absolute atomic E-state index is 12.2. The van der Waals surface area contributed by atoms with Gasteiger partial charge in [-0.1, -0.05) is 11.6 Å². The smallest absolute Gasteiger partial charge is 0.271 e. The highest BCUT2D eigenvalue weighted by molar-refractivity contribution is 6.33. The van der Waals surface area contributed by atoms with Crippen LogP contribution in [0.2, 0.25) is 5.02 Å². The molecule has 26 heavy (non-hydrogen) atoms. The van der Waals surface area contributed by atoms with Crippen LogP contribution in [-0.4, -0.2) is 23.5 Å². The van der Waals surface area contributed by atoms with Gasteiger partial charge in [-0.2, -0.15) is 5.10 Å². The van der Waals surface area contributed by atoms with Gasteiger partial charge in [-0.25, -0.2) is 5.43 Å². The van der Waals surface area contributed by atoms with Gasteiger partial charge in [0, 0.05) is 35.3 Å². The van der Waals surface area contributed by atoms with E-state index < -0.39 is 0 Å². The van der Waals surface area contributed by atoms with E-state index in [9.17, 15) is 4.79 Å². The average Bonchev–Trinajstić information content (AvgIpc) is 3.33. The molecule has 0 bridgehead atoms. The minimum absolute atomic E-state index is 0.169. The van der Waals surface area contributed by atoms with Crippen molar-refractivity contribution >= 4 is 23.7 Å². The van der Waals surface area contributed by atoms with E-state index >= 15 is 0 Å². The number of halogens is 1. The number of hydrogen-bond donors (Lipinski definition) is 1. The quantitative estimate of drug-likeness (QED) is 0.565. The lowest BCUT2D eigenvalue weighted by Crippen LogP contribution is -2.17. The summed E-state index contributed by atoms with van der Waals surface area (Å²) in [7, 11) is 0. The normalized spacial score (nSPS) is 12.5. The van der Waals surface area contributed by atoms with Crippen LogP contribution in [0.3, 0.4) is 0 Å². The summed E-state index contributed by atoms with van der Waals surface area (Å²) >= 11 is 6.16. The summed E-state index contributed by atoms with van der Waals surface area (Å²) in [4.78, 5) is 12.2. The zero-order valence-electron chi connectivity index (χ0n) is 13.6. The van der Waals surface area contributed by atoms with Crippen molar-refractivity contribution < 1.29 is 14.3 Å². The van der Waals surface area contributed by atoms with Gasteiger partial charge in [0.05, 0.1) is 11.2 Å². The Kier molecular flexibility index (Phi) is 4.33. The molecule has 0 atom stereocenters. The molecule has 130 valence electrons. The van der Waals surface area contributed by atoms with Crippen molar-refractivity contribution in [1.82, 2.24) is 9.99 Å². The summed E-state index contributed by atoms with van der Waals surface area (Å²) < 4.78 is 12.5. The Hall–Kier alpha value is -3.25. The maximum atomic E-state index is 12.2. The molecule has 2 aromatic carbocycles. The molecule has 0 unspecified atom stereocenters. The molecule has 4 rings (SSSR count). The lowest BCUT2D eigenvalue weighted by molar-refractivity contribution is 0.0955. The summed E-state index contributed by atoms with van der Waals surface area (Å²) in [5.74, 6) is 0.888. The molecule has 6 nitrogen and oxygen atoms in total. The van der Waals surface area contributed by atoms with Gasteiger partial charge < -0.3 is 14.0 Å². The van der Waals surface area contributed by atoms with Crippen molar-refractivity contribution in [3.63, 3.8) is 0 Å². The van der Waals surface area contributed by atoms with Gasteiger partial charge in [-0.15, -0.1) is 0 Å². The molecule has 0 radical (unpaired) electrons. The van der Waals surface area contributed by atoms with Crippen molar-refractivity contribution in [3.8, 4) is 17.2 Å². The molecule has 0 fully saturated rings. The van der Waals surface area contributed by atoms with Crippen LogP contribution in [0.15, 0.2) is 66.0 Å². The van der Waals surface area contributed by atoms with Crippen molar-refractivity contribution in [1.29, 1.82) is 0 Å². The average molecular weight is 368 g/mol. The molecule has 0 saturated heterocycles. The largest absolute Gasteiger partial charge is 0.454 e. The molecule has 1 aromatic heterocycles. The second kappa shape index (κ2) is 6.93. The number of benzene rings is 2. The third-order valence-electron chi connectivity index (χ3n) is 3.89. The van der Waals surface area contributed by atoms with Crippen LogP contribution in [0.1, 0.15) is 15.9 Å². The predicted octanol–water partition coefficient (Wildman–Crippen LogP) is 3.62. The lowest BCUT2D eigenvalue weighted by Gasteiger charge is -2.05. The third-order valence-corrected chi connectivity index (χ3v) is 4.22. The number of hydrazone groups is 1. The standard InChI is InChI=1S/C19H14ClN3O3/c20-16-10-18-17(25-12-26-18)9-14(16)11-21-22-19(24)13-3-5-15(6-4-13)23-7-1-2-8-23/h1-11H,12H2,(H,22,24)/b21-11-. The Balaban J connectivity index is 1.43. The molecule has 3 aromatic rings. The first kappa shape index (κ1) is 16.2. The van der Waals surface area contributed by atoms with E-state index in [1.54, 1.807) is 24.3 Å². The van der Waals surface area contributed by atoms with Gasteiger partial charge in [-0.05, 0) is 42.5 Å². The van der Waals surface area contributed by atoms with E-state index in [0.717, 1.165) is 5.69 Å². The second-order valence-electron chi connectivity index (χ2n) is 5.56. The monoisotopic (exact) mass is 367 g/mol. The van der Waals surface area contributed by atoms with Gasteiger partial charge in [0.25, 0.3) is 5.91 Å². The first-order valence-electron chi connectivity index (χ1n) is 7.87. The van der Waals surface area contributed by atoms with Crippen molar-refractivity contribution in [2.24, 2.45) is 5.10 Å². The van der Waals surface area contributed by atoms with Crippen LogP contribution in [0.4, 0.5) is 0 Å². The number of nitrogens with one attached hydrogen (secondary N) is 1. The maximum Gasteiger partial charge on any atom is 0.271 e. The Bertz CT molecular complexity index is 966. The van der Waals surface area contributed by atoms with Crippen LogP contribution in [0.5, 0.6) is 11.5 Å². The molecule has 1 aliphatic heterocycles. The fourth-order valence-corrected chi connectivity index (χ4v) is 2.75. The van der Waals surface area contributed by atoms with E-state index in [1.165, 1.54) is 6.21 Å². The zero-order valence-corrected chi connectivity index (χ0v) is 14.3. The second-order valence-corrected chi connectivity index (χ2v) is 5.97. The van der Waals surface area contributed by atoms with Crippen molar-refractivity contribution in [2.75, 3.05) is 6.79 Å². The summed E-state index contributed by atoms with van der Waals surface area (Å²) in [6.45, 7) is 0.169. The van der Waals surface area contributed by atoms with Gasteiger partial charge >= 0.3 is 0 Å². The summed E-state index contributed by atoms with van der Waals surface area (Å²) in [5.41, 5.74) is 4.60. The Morgan fingerprint density at radius 3 is 2.54 bits per heavy atom. The van der Waals surface area contributed by atoms with Gasteiger partial charge in [0.2, 0.25) is 6.79 Å². The highest BCUT2D eigenvalue weighted by atomic mass is 35.5. The molecule has 1 aliphatic rings. The number of aromatic nitrogens is 1. The number of fused-ring (bicyclic) bond motifs is 1. The van der Waals surface area contributed by atoms with Crippen LogP contribution < -0.4 is 14.9 Å². The number of nitrogens with zero attached hydrogens (tertiary/aromatic N) is 2. The fraction of sp³-hybridized carbons (Fsp3) is 0.0526. The van der Waals surface area contributed by atoms with Crippen LogP contribution in [-0.2, 0) is 0 Å². The number of ether oxygens (including phenoxy) is 2. The van der Waals surface area contributed by atoms with E-state index in [-0.39, 0.29) is 12.7 Å². The van der Waals surface area contributed by atoms with Gasteiger partial charge in [0.15, 0.2) is 11.5 Å². The lowest BCUT2D eigenvalue weighted by atomic mass is 10.2. The first-order chi connectivity index (χ1) is 12.7. The minimum atomic E-state index is -0.308. The molecule has 2 heterocycles. The molecule has 0 spiro atoms.